The van der Waals surface area contributed by atoms with Crippen molar-refractivity contribution < 1.29 is 13.2 Å². The number of hydrogen-bond donors (Lipinski definition) is 0. The summed E-state index contributed by atoms with van der Waals surface area (Å²) in [6.07, 6.45) is 3.27. The molecule has 0 bridgehead atoms. The lowest BCUT2D eigenvalue weighted by Crippen LogP contribution is -2.26. The van der Waals surface area contributed by atoms with Crippen LogP contribution in [-0.2, 0) is 16.6 Å². The van der Waals surface area contributed by atoms with Crippen molar-refractivity contribution in [3.05, 3.63) is 53.3 Å². The Morgan fingerprint density at radius 3 is 2.67 bits per heavy atom. The average Bonchev–Trinajstić information content (AvgIpc) is 2.48. The molecule has 0 spiro atoms. The molecule has 0 unspecified atom stereocenters. The second-order valence-corrected chi connectivity index (χ2v) is 6.87. The van der Waals surface area contributed by atoms with Gasteiger partial charge in [-0.25, -0.2) is 8.42 Å². The van der Waals surface area contributed by atoms with Crippen molar-refractivity contribution in [3.8, 4) is 5.75 Å². The molecule has 21 heavy (non-hydrogen) atoms. The number of pyridine rings is 1. The van der Waals surface area contributed by atoms with E-state index in [9.17, 15) is 8.42 Å². The first-order valence-electron chi connectivity index (χ1n) is 6.14. The van der Waals surface area contributed by atoms with Gasteiger partial charge in [-0.3, -0.25) is 4.98 Å². The predicted molar refractivity (Wildman–Crippen MR) is 80.9 cm³/mol. The van der Waals surface area contributed by atoms with Gasteiger partial charge in [-0.05, 0) is 29.8 Å². The van der Waals surface area contributed by atoms with E-state index in [1.165, 1.54) is 36.7 Å². The summed E-state index contributed by atoms with van der Waals surface area (Å²) in [5.74, 6) is 0.436. The number of hydrogen-bond acceptors (Lipinski definition) is 4. The van der Waals surface area contributed by atoms with Crippen LogP contribution in [0.4, 0.5) is 0 Å². The van der Waals surface area contributed by atoms with Gasteiger partial charge in [0.15, 0.2) is 0 Å². The molecule has 1 aromatic carbocycles. The van der Waals surface area contributed by atoms with Gasteiger partial charge in [-0.2, -0.15) is 4.31 Å². The summed E-state index contributed by atoms with van der Waals surface area (Å²) in [7, 11) is -0.629. The summed E-state index contributed by atoms with van der Waals surface area (Å²) in [5, 5.41) is 0.258. The maximum Gasteiger partial charge on any atom is 0.243 e. The number of halogens is 1. The molecule has 7 heteroatoms. The van der Waals surface area contributed by atoms with Crippen LogP contribution in [0.1, 0.15) is 5.56 Å². The molecule has 0 radical (unpaired) electrons. The van der Waals surface area contributed by atoms with Crippen LogP contribution >= 0.6 is 11.6 Å². The zero-order chi connectivity index (χ0) is 15.5. The highest BCUT2D eigenvalue weighted by Gasteiger charge is 2.22. The minimum Gasteiger partial charge on any atom is -0.495 e. The molecule has 1 heterocycles. The van der Waals surface area contributed by atoms with Crippen LogP contribution in [0.15, 0.2) is 47.6 Å². The number of nitrogens with zero attached hydrogens (tertiary/aromatic N) is 2. The van der Waals surface area contributed by atoms with E-state index in [1.807, 2.05) is 6.07 Å². The Bertz CT molecular complexity index is 720. The van der Waals surface area contributed by atoms with Gasteiger partial charge in [-0.15, -0.1) is 0 Å². The van der Waals surface area contributed by atoms with Crippen LogP contribution in [-0.4, -0.2) is 31.9 Å². The molecule has 2 aromatic rings. The van der Waals surface area contributed by atoms with E-state index in [4.69, 9.17) is 16.3 Å². The molecule has 5 nitrogen and oxygen atoms in total. The maximum absolute atomic E-state index is 12.5. The van der Waals surface area contributed by atoms with Gasteiger partial charge in [0, 0.05) is 26.0 Å². The standard InChI is InChI=1S/C14H15ClN2O3S/c1-17(10-11-4-3-7-16-9-11)21(18,19)12-5-6-14(20-2)13(15)8-12/h3-9H,10H2,1-2H3. The highest BCUT2D eigenvalue weighted by molar-refractivity contribution is 7.89. The lowest BCUT2D eigenvalue weighted by Gasteiger charge is -2.17. The van der Waals surface area contributed by atoms with Crippen LogP contribution in [0.25, 0.3) is 0 Å². The Morgan fingerprint density at radius 1 is 1.33 bits per heavy atom. The van der Waals surface area contributed by atoms with Gasteiger partial charge in [0.25, 0.3) is 0 Å². The molecule has 0 N–H and O–H groups in total. The average molecular weight is 327 g/mol. The summed E-state index contributed by atoms with van der Waals surface area (Å²) >= 11 is 5.98. The molecule has 0 fully saturated rings. The highest BCUT2D eigenvalue weighted by atomic mass is 35.5. The lowest BCUT2D eigenvalue weighted by molar-refractivity contribution is 0.414. The maximum atomic E-state index is 12.5. The highest BCUT2D eigenvalue weighted by Crippen LogP contribution is 2.28. The molecular weight excluding hydrogens is 312 g/mol. The SMILES string of the molecule is COc1ccc(S(=O)(=O)N(C)Cc2cccnc2)cc1Cl. The van der Waals surface area contributed by atoms with Crippen LogP contribution in [0, 0.1) is 0 Å². The quantitative estimate of drug-likeness (QED) is 0.847. The first-order valence-corrected chi connectivity index (χ1v) is 7.95. The van der Waals surface area contributed by atoms with E-state index in [0.29, 0.717) is 5.75 Å². The fraction of sp³-hybridized carbons (Fsp3) is 0.214. The largest absolute Gasteiger partial charge is 0.495 e. The van der Waals surface area contributed by atoms with Crippen LogP contribution in [0.2, 0.25) is 5.02 Å². The fourth-order valence-corrected chi connectivity index (χ4v) is 3.33. The molecular formula is C14H15ClN2O3S. The lowest BCUT2D eigenvalue weighted by atomic mass is 10.3. The summed E-state index contributed by atoms with van der Waals surface area (Å²) in [4.78, 5) is 4.09. The molecule has 0 saturated carbocycles. The second kappa shape index (κ2) is 6.43. The third kappa shape index (κ3) is 3.53. The van der Waals surface area contributed by atoms with Crippen molar-refractivity contribution in [2.75, 3.05) is 14.2 Å². The van der Waals surface area contributed by atoms with Crippen molar-refractivity contribution in [1.82, 2.24) is 9.29 Å². The van der Waals surface area contributed by atoms with E-state index in [2.05, 4.69) is 4.98 Å². The van der Waals surface area contributed by atoms with Crippen LogP contribution in [0.3, 0.4) is 0 Å². The Morgan fingerprint density at radius 2 is 2.10 bits per heavy atom. The van der Waals surface area contributed by atoms with Crippen molar-refractivity contribution in [2.24, 2.45) is 0 Å². The predicted octanol–water partition coefficient (Wildman–Crippen LogP) is 2.56. The first-order chi connectivity index (χ1) is 9.95. The summed E-state index contributed by atoms with van der Waals surface area (Å²) in [5.41, 5.74) is 0.809. The monoisotopic (exact) mass is 326 g/mol. The van der Waals surface area contributed by atoms with Crippen LogP contribution in [0.5, 0.6) is 5.75 Å². The first kappa shape index (κ1) is 15.8. The summed E-state index contributed by atoms with van der Waals surface area (Å²) in [6.45, 7) is 0.236. The third-order valence-corrected chi connectivity index (χ3v) is 5.05. The van der Waals surface area contributed by atoms with Crippen molar-refractivity contribution in [1.29, 1.82) is 0 Å². The smallest absolute Gasteiger partial charge is 0.243 e. The van der Waals surface area contributed by atoms with Crippen molar-refractivity contribution >= 4 is 21.6 Å². The molecule has 0 atom stereocenters. The second-order valence-electron chi connectivity index (χ2n) is 4.42. The molecule has 112 valence electrons. The molecule has 0 amide bonds. The van der Waals surface area contributed by atoms with E-state index in [1.54, 1.807) is 18.5 Å². The number of methoxy groups -OCH3 is 1. The molecule has 0 aliphatic rings. The van der Waals surface area contributed by atoms with Gasteiger partial charge in [0.1, 0.15) is 5.75 Å². The topological polar surface area (TPSA) is 59.5 Å². The minimum atomic E-state index is -3.62. The number of benzene rings is 1. The van der Waals surface area contributed by atoms with Crippen molar-refractivity contribution in [3.63, 3.8) is 0 Å². The van der Waals surface area contributed by atoms with Gasteiger partial charge in [-0.1, -0.05) is 17.7 Å². The van der Waals surface area contributed by atoms with E-state index in [-0.39, 0.29) is 16.5 Å². The van der Waals surface area contributed by atoms with Gasteiger partial charge in [0.05, 0.1) is 17.0 Å². The van der Waals surface area contributed by atoms with Crippen molar-refractivity contribution in [2.45, 2.75) is 11.4 Å². The fourth-order valence-electron chi connectivity index (χ4n) is 1.82. The summed E-state index contributed by atoms with van der Waals surface area (Å²) in [6, 6.07) is 7.97. The van der Waals surface area contributed by atoms with E-state index in [0.717, 1.165) is 5.56 Å². The van der Waals surface area contributed by atoms with Gasteiger partial charge in [0.2, 0.25) is 10.0 Å². The molecule has 0 saturated heterocycles. The third-order valence-electron chi connectivity index (χ3n) is 2.96. The summed E-state index contributed by atoms with van der Waals surface area (Å²) < 4.78 is 31.3. The van der Waals surface area contributed by atoms with E-state index >= 15 is 0 Å². The number of ether oxygens (including phenoxy) is 1. The van der Waals surface area contributed by atoms with Gasteiger partial charge >= 0.3 is 0 Å². The van der Waals surface area contributed by atoms with Gasteiger partial charge < -0.3 is 4.74 Å². The number of rotatable bonds is 5. The molecule has 0 aliphatic carbocycles. The zero-order valence-corrected chi connectivity index (χ0v) is 13.2. The Balaban J connectivity index is 2.27. The Hall–Kier alpha value is -1.63. The normalized spacial score (nSPS) is 11.6. The minimum absolute atomic E-state index is 0.125. The molecule has 2 rings (SSSR count). The Kier molecular flexibility index (Phi) is 4.82. The van der Waals surface area contributed by atoms with E-state index < -0.39 is 10.0 Å². The Labute approximate surface area is 129 Å². The molecule has 0 aliphatic heterocycles. The zero-order valence-electron chi connectivity index (χ0n) is 11.7. The van der Waals surface area contributed by atoms with Crippen LogP contribution < -0.4 is 4.74 Å². The number of sulfonamides is 1. The molecule has 1 aromatic heterocycles. The number of aromatic nitrogens is 1.